The molecule has 2 aliphatic heterocycles. The number of nitrogens with one attached hydrogen (secondary N) is 1. The van der Waals surface area contributed by atoms with Crippen molar-refractivity contribution in [1.82, 2.24) is 10.2 Å². The quantitative estimate of drug-likeness (QED) is 0.501. The summed E-state index contributed by atoms with van der Waals surface area (Å²) < 4.78 is 0. The molecular weight excluding hydrogens is 160 g/mol. The summed E-state index contributed by atoms with van der Waals surface area (Å²) >= 11 is 0. The fraction of sp³-hybridized carbons (Fsp3) is 0.571. The highest BCUT2D eigenvalue weighted by Gasteiger charge is 2.56. The van der Waals surface area contributed by atoms with Crippen LogP contribution in [0.4, 0.5) is 4.79 Å². The molecule has 0 aromatic heterocycles. The van der Waals surface area contributed by atoms with Crippen molar-refractivity contribution in [1.29, 1.82) is 0 Å². The minimum absolute atomic E-state index is 0.263. The van der Waals surface area contributed by atoms with E-state index >= 15 is 0 Å². The van der Waals surface area contributed by atoms with E-state index in [4.69, 9.17) is 0 Å². The monoisotopic (exact) mass is 168 g/mol. The number of amides is 4. The van der Waals surface area contributed by atoms with Crippen molar-refractivity contribution >= 4 is 17.8 Å². The van der Waals surface area contributed by atoms with Crippen LogP contribution in [-0.4, -0.2) is 28.3 Å². The number of nitrogens with zero attached hydrogens (tertiary/aromatic N) is 1. The van der Waals surface area contributed by atoms with E-state index in [0.717, 1.165) is 4.90 Å². The Bertz CT molecular complexity index is 299. The molecule has 0 saturated carbocycles. The summed E-state index contributed by atoms with van der Waals surface area (Å²) in [5.74, 6) is -0.626. The van der Waals surface area contributed by atoms with Crippen LogP contribution in [0.25, 0.3) is 0 Å². The lowest BCUT2D eigenvalue weighted by atomic mass is 10.00. The molecule has 1 unspecified atom stereocenters. The summed E-state index contributed by atoms with van der Waals surface area (Å²) in [6, 6.07) is -0.579. The SMILES string of the molecule is CC12CCC(=O)N1C(=O)NC2=O. The molecule has 2 aliphatic rings. The van der Waals surface area contributed by atoms with Crippen molar-refractivity contribution in [2.24, 2.45) is 0 Å². The Morgan fingerprint density at radius 1 is 1.42 bits per heavy atom. The Hall–Kier alpha value is -1.39. The molecule has 64 valence electrons. The predicted molar refractivity (Wildman–Crippen MR) is 38.0 cm³/mol. The Labute approximate surface area is 68.7 Å². The van der Waals surface area contributed by atoms with Crippen LogP contribution in [0.15, 0.2) is 0 Å². The zero-order valence-electron chi connectivity index (χ0n) is 6.59. The largest absolute Gasteiger partial charge is 0.331 e. The van der Waals surface area contributed by atoms with Crippen molar-refractivity contribution < 1.29 is 14.4 Å². The van der Waals surface area contributed by atoms with E-state index in [0.29, 0.717) is 6.42 Å². The van der Waals surface area contributed by atoms with E-state index in [-0.39, 0.29) is 18.2 Å². The lowest BCUT2D eigenvalue weighted by molar-refractivity contribution is -0.132. The third kappa shape index (κ3) is 0.609. The molecule has 0 aromatic carbocycles. The van der Waals surface area contributed by atoms with Gasteiger partial charge >= 0.3 is 6.03 Å². The van der Waals surface area contributed by atoms with E-state index in [2.05, 4.69) is 5.32 Å². The van der Waals surface area contributed by atoms with Gasteiger partial charge in [0.1, 0.15) is 5.54 Å². The van der Waals surface area contributed by atoms with Gasteiger partial charge < -0.3 is 0 Å². The first-order valence-corrected chi connectivity index (χ1v) is 3.74. The maximum absolute atomic E-state index is 11.2. The fourth-order valence-electron chi connectivity index (χ4n) is 1.69. The van der Waals surface area contributed by atoms with Crippen LogP contribution in [0.3, 0.4) is 0 Å². The molecule has 0 radical (unpaired) electrons. The fourth-order valence-corrected chi connectivity index (χ4v) is 1.69. The molecule has 2 rings (SSSR count). The van der Waals surface area contributed by atoms with Gasteiger partial charge in [-0.15, -0.1) is 0 Å². The van der Waals surface area contributed by atoms with Crippen molar-refractivity contribution in [2.45, 2.75) is 25.3 Å². The van der Waals surface area contributed by atoms with Gasteiger partial charge in [0.2, 0.25) is 5.91 Å². The lowest BCUT2D eigenvalue weighted by Gasteiger charge is -2.20. The first-order chi connectivity index (χ1) is 5.55. The predicted octanol–water partition coefficient (Wildman–Crippen LogP) is -0.383. The summed E-state index contributed by atoms with van der Waals surface area (Å²) in [6.45, 7) is 1.61. The van der Waals surface area contributed by atoms with E-state index in [1.54, 1.807) is 6.92 Å². The third-order valence-electron chi connectivity index (χ3n) is 2.48. The normalized spacial score (nSPS) is 34.1. The highest BCUT2D eigenvalue weighted by Crippen LogP contribution is 2.33. The number of urea groups is 1. The molecular formula is C7H8N2O3. The van der Waals surface area contributed by atoms with Crippen molar-refractivity contribution in [2.75, 3.05) is 0 Å². The second kappa shape index (κ2) is 1.85. The van der Waals surface area contributed by atoms with Crippen LogP contribution in [0.2, 0.25) is 0 Å². The molecule has 1 N–H and O–H groups in total. The molecule has 5 nitrogen and oxygen atoms in total. The standard InChI is InChI=1S/C7H8N2O3/c1-7-3-2-4(10)9(7)6(12)8-5(7)11/h2-3H2,1H3,(H,8,11,12). The zero-order valence-corrected chi connectivity index (χ0v) is 6.59. The average Bonchev–Trinajstić information content (AvgIpc) is 2.38. The molecule has 2 fully saturated rings. The minimum Gasteiger partial charge on any atom is -0.275 e. The van der Waals surface area contributed by atoms with E-state index in [1.807, 2.05) is 0 Å². The number of imide groups is 2. The minimum atomic E-state index is -0.909. The zero-order chi connectivity index (χ0) is 8.93. The van der Waals surface area contributed by atoms with Crippen LogP contribution in [0.5, 0.6) is 0 Å². The first-order valence-electron chi connectivity index (χ1n) is 3.74. The molecule has 1 atom stereocenters. The van der Waals surface area contributed by atoms with Gasteiger partial charge in [0.15, 0.2) is 0 Å². The Kier molecular flexibility index (Phi) is 1.12. The highest BCUT2D eigenvalue weighted by molar-refractivity contribution is 6.15. The Morgan fingerprint density at radius 3 is 2.67 bits per heavy atom. The molecule has 2 saturated heterocycles. The van der Waals surface area contributed by atoms with Gasteiger partial charge in [0.25, 0.3) is 5.91 Å². The van der Waals surface area contributed by atoms with Gasteiger partial charge in [-0.3, -0.25) is 14.9 Å². The molecule has 0 aliphatic carbocycles. The molecule has 12 heavy (non-hydrogen) atoms. The number of carbonyl (C=O) groups excluding carboxylic acids is 3. The number of carbonyl (C=O) groups is 3. The van der Waals surface area contributed by atoms with E-state index in [9.17, 15) is 14.4 Å². The maximum atomic E-state index is 11.2. The smallest absolute Gasteiger partial charge is 0.275 e. The summed E-state index contributed by atoms with van der Waals surface area (Å²) in [5, 5.41) is 2.12. The maximum Gasteiger partial charge on any atom is 0.331 e. The summed E-state index contributed by atoms with van der Waals surface area (Å²) in [4.78, 5) is 34.4. The van der Waals surface area contributed by atoms with Crippen molar-refractivity contribution in [3.63, 3.8) is 0 Å². The molecule has 4 amide bonds. The van der Waals surface area contributed by atoms with Gasteiger partial charge in [0.05, 0.1) is 0 Å². The molecule has 5 heteroatoms. The van der Waals surface area contributed by atoms with Crippen LogP contribution < -0.4 is 5.32 Å². The second-order valence-corrected chi connectivity index (χ2v) is 3.26. The molecule has 2 heterocycles. The van der Waals surface area contributed by atoms with Gasteiger partial charge in [-0.2, -0.15) is 0 Å². The van der Waals surface area contributed by atoms with Crippen molar-refractivity contribution in [3.8, 4) is 0 Å². The second-order valence-electron chi connectivity index (χ2n) is 3.26. The number of hydrogen-bond acceptors (Lipinski definition) is 3. The van der Waals surface area contributed by atoms with Gasteiger partial charge in [-0.1, -0.05) is 0 Å². The Balaban J connectivity index is 2.47. The highest BCUT2D eigenvalue weighted by atomic mass is 16.2. The van der Waals surface area contributed by atoms with Crippen LogP contribution >= 0.6 is 0 Å². The van der Waals surface area contributed by atoms with Crippen LogP contribution in [0, 0.1) is 0 Å². The number of rotatable bonds is 0. The third-order valence-corrected chi connectivity index (χ3v) is 2.48. The van der Waals surface area contributed by atoms with Crippen molar-refractivity contribution in [3.05, 3.63) is 0 Å². The summed E-state index contributed by atoms with van der Waals surface area (Å²) in [5.41, 5.74) is -0.909. The topological polar surface area (TPSA) is 66.5 Å². The summed E-state index contributed by atoms with van der Waals surface area (Å²) in [6.07, 6.45) is 0.721. The van der Waals surface area contributed by atoms with Gasteiger partial charge in [-0.25, -0.2) is 9.69 Å². The van der Waals surface area contributed by atoms with Crippen LogP contribution in [-0.2, 0) is 9.59 Å². The molecule has 0 spiro atoms. The van der Waals surface area contributed by atoms with Gasteiger partial charge in [0, 0.05) is 6.42 Å². The molecule has 0 aromatic rings. The van der Waals surface area contributed by atoms with E-state index in [1.165, 1.54) is 0 Å². The lowest BCUT2D eigenvalue weighted by Crippen LogP contribution is -2.43. The van der Waals surface area contributed by atoms with Gasteiger partial charge in [-0.05, 0) is 13.3 Å². The Morgan fingerprint density at radius 2 is 2.08 bits per heavy atom. The average molecular weight is 168 g/mol. The first kappa shape index (κ1) is 7.27. The number of hydrogen-bond donors (Lipinski definition) is 1. The summed E-state index contributed by atoms with van der Waals surface area (Å²) in [7, 11) is 0. The van der Waals surface area contributed by atoms with Crippen LogP contribution in [0.1, 0.15) is 19.8 Å². The number of fused-ring (bicyclic) bond motifs is 1. The molecule has 0 bridgehead atoms. The van der Waals surface area contributed by atoms with E-state index < -0.39 is 11.6 Å².